The van der Waals surface area contributed by atoms with Gasteiger partial charge in [-0.3, -0.25) is 24.6 Å². The second kappa shape index (κ2) is 8.67. The number of ether oxygens (including phenoxy) is 1. The monoisotopic (exact) mass is 510 g/mol. The standard InChI is InChI=1S/C30H30N4O4/c31-14-18-5-1-2-6-23(18)21-15-33(16-21)25-7-3-4-8-26(25)38-22-9-10-24-19(11-22)17-34(28(24)36)30-12-20(13-30)27(35)32-29(30)37/h1-2,5-6,9-11,20-21,25-26H,3-4,7-8,12-13,15-17H2,(H,32,35,37). The number of rotatable bonds is 5. The van der Waals surface area contributed by atoms with Crippen LogP contribution in [0.2, 0.25) is 0 Å². The second-order valence-corrected chi connectivity index (χ2v) is 11.5. The molecule has 2 aliphatic carbocycles. The van der Waals surface area contributed by atoms with E-state index in [1.807, 2.05) is 36.4 Å². The van der Waals surface area contributed by atoms with E-state index >= 15 is 0 Å². The van der Waals surface area contributed by atoms with Crippen molar-refractivity contribution in [3.05, 3.63) is 64.7 Å². The van der Waals surface area contributed by atoms with Gasteiger partial charge in [0.1, 0.15) is 17.4 Å². The van der Waals surface area contributed by atoms with Crippen LogP contribution < -0.4 is 10.1 Å². The molecule has 0 aromatic heterocycles. The fraction of sp³-hybridized carbons (Fsp3) is 0.467. The Morgan fingerprint density at radius 1 is 1.00 bits per heavy atom. The molecule has 5 fully saturated rings. The number of piperidine rings is 2. The molecule has 0 spiro atoms. The fourth-order valence-electron chi connectivity index (χ4n) is 7.26. The molecule has 8 heteroatoms. The molecule has 3 saturated heterocycles. The van der Waals surface area contributed by atoms with Gasteiger partial charge in [-0.15, -0.1) is 0 Å². The topological polar surface area (TPSA) is 103 Å². The van der Waals surface area contributed by atoms with Crippen LogP contribution in [0.4, 0.5) is 0 Å². The predicted molar refractivity (Wildman–Crippen MR) is 137 cm³/mol. The number of benzene rings is 2. The zero-order chi connectivity index (χ0) is 26.0. The van der Waals surface area contributed by atoms with Crippen molar-refractivity contribution in [3.63, 3.8) is 0 Å². The van der Waals surface area contributed by atoms with Crippen LogP contribution in [0.1, 0.15) is 71.5 Å². The average molecular weight is 511 g/mol. The van der Waals surface area contributed by atoms with E-state index in [1.54, 1.807) is 4.90 Å². The van der Waals surface area contributed by atoms with Crippen molar-refractivity contribution in [2.75, 3.05) is 13.1 Å². The molecule has 2 unspecified atom stereocenters. The van der Waals surface area contributed by atoms with Crippen molar-refractivity contribution in [2.24, 2.45) is 5.92 Å². The van der Waals surface area contributed by atoms with Crippen LogP contribution in [-0.2, 0) is 16.1 Å². The first kappa shape index (κ1) is 23.4. The Bertz CT molecular complexity index is 1380. The van der Waals surface area contributed by atoms with Gasteiger partial charge in [0.15, 0.2) is 0 Å². The number of hydrogen-bond donors (Lipinski definition) is 1. The zero-order valence-corrected chi connectivity index (χ0v) is 21.2. The maximum atomic E-state index is 13.2. The number of nitriles is 1. The minimum absolute atomic E-state index is 0.0725. The molecule has 2 saturated carbocycles. The maximum absolute atomic E-state index is 13.2. The third-order valence-corrected chi connectivity index (χ3v) is 9.45. The fourth-order valence-corrected chi connectivity index (χ4v) is 7.26. The van der Waals surface area contributed by atoms with Crippen molar-refractivity contribution in [1.29, 1.82) is 5.26 Å². The molecule has 3 amide bonds. The third kappa shape index (κ3) is 3.48. The lowest BCUT2D eigenvalue weighted by Gasteiger charge is -2.53. The molecule has 2 aromatic rings. The van der Waals surface area contributed by atoms with Crippen LogP contribution in [0.5, 0.6) is 5.75 Å². The Balaban J connectivity index is 1.04. The second-order valence-electron chi connectivity index (χ2n) is 11.5. The summed E-state index contributed by atoms with van der Waals surface area (Å²) in [6.07, 6.45) is 5.29. The van der Waals surface area contributed by atoms with Crippen LogP contribution in [0.25, 0.3) is 0 Å². The van der Waals surface area contributed by atoms with Gasteiger partial charge in [0.05, 0.1) is 11.6 Å². The number of fused-ring (bicyclic) bond motifs is 3. The Morgan fingerprint density at radius 3 is 2.58 bits per heavy atom. The van der Waals surface area contributed by atoms with Crippen LogP contribution in [0, 0.1) is 17.2 Å². The zero-order valence-electron chi connectivity index (χ0n) is 21.2. The van der Waals surface area contributed by atoms with E-state index in [4.69, 9.17) is 4.74 Å². The van der Waals surface area contributed by atoms with Crippen LogP contribution in [-0.4, -0.2) is 58.3 Å². The Kier molecular flexibility index (Phi) is 5.34. The van der Waals surface area contributed by atoms with Gasteiger partial charge in [-0.05, 0) is 67.5 Å². The Hall–Kier alpha value is -3.70. The van der Waals surface area contributed by atoms with E-state index in [2.05, 4.69) is 22.4 Å². The summed E-state index contributed by atoms with van der Waals surface area (Å²) >= 11 is 0. The van der Waals surface area contributed by atoms with Crippen molar-refractivity contribution >= 4 is 17.7 Å². The first-order valence-electron chi connectivity index (χ1n) is 13.7. The summed E-state index contributed by atoms with van der Waals surface area (Å²) in [4.78, 5) is 42.0. The Morgan fingerprint density at radius 2 is 1.79 bits per heavy atom. The molecule has 8 nitrogen and oxygen atoms in total. The van der Waals surface area contributed by atoms with E-state index in [9.17, 15) is 19.6 Å². The summed E-state index contributed by atoms with van der Waals surface area (Å²) in [5.74, 6) is 0.243. The first-order valence-corrected chi connectivity index (χ1v) is 13.7. The molecular weight excluding hydrogens is 480 g/mol. The van der Waals surface area contributed by atoms with E-state index < -0.39 is 5.54 Å². The molecule has 6 aliphatic rings. The smallest absolute Gasteiger partial charge is 0.255 e. The molecular formula is C30H30N4O4. The van der Waals surface area contributed by atoms with Gasteiger partial charge < -0.3 is 9.64 Å². The highest BCUT2D eigenvalue weighted by Gasteiger charge is 2.63. The summed E-state index contributed by atoms with van der Waals surface area (Å²) in [7, 11) is 0. The largest absolute Gasteiger partial charge is 0.489 e. The molecule has 1 N–H and O–H groups in total. The number of amides is 3. The van der Waals surface area contributed by atoms with Gasteiger partial charge in [-0.25, -0.2) is 0 Å². The van der Waals surface area contributed by atoms with Crippen molar-refractivity contribution in [2.45, 2.75) is 68.7 Å². The maximum Gasteiger partial charge on any atom is 0.255 e. The molecule has 2 aromatic carbocycles. The molecule has 0 radical (unpaired) electrons. The summed E-state index contributed by atoms with van der Waals surface area (Å²) < 4.78 is 6.57. The summed E-state index contributed by atoms with van der Waals surface area (Å²) in [5, 5.41) is 11.9. The molecule has 8 rings (SSSR count). The normalized spacial score (nSPS) is 30.7. The average Bonchev–Trinajstić information content (AvgIpc) is 3.19. The van der Waals surface area contributed by atoms with Crippen molar-refractivity contribution in [1.82, 2.24) is 15.1 Å². The molecule has 2 bridgehead atoms. The number of hydrogen-bond acceptors (Lipinski definition) is 6. The van der Waals surface area contributed by atoms with Gasteiger partial charge in [-0.2, -0.15) is 5.26 Å². The quantitative estimate of drug-likeness (QED) is 0.620. The molecule has 38 heavy (non-hydrogen) atoms. The number of likely N-dealkylation sites (tertiary alicyclic amines) is 1. The lowest BCUT2D eigenvalue weighted by Crippen LogP contribution is -2.73. The Labute approximate surface area is 221 Å². The lowest BCUT2D eigenvalue weighted by molar-refractivity contribution is -0.160. The minimum Gasteiger partial charge on any atom is -0.489 e. The first-order chi connectivity index (χ1) is 18.5. The summed E-state index contributed by atoms with van der Waals surface area (Å²) in [6.45, 7) is 2.23. The third-order valence-electron chi connectivity index (χ3n) is 9.45. The van der Waals surface area contributed by atoms with E-state index in [0.717, 1.165) is 54.8 Å². The van der Waals surface area contributed by atoms with E-state index in [1.165, 1.54) is 6.42 Å². The summed E-state index contributed by atoms with van der Waals surface area (Å²) in [5.41, 5.74) is 2.49. The van der Waals surface area contributed by atoms with Crippen LogP contribution >= 0.6 is 0 Å². The molecule has 194 valence electrons. The number of nitrogens with zero attached hydrogens (tertiary/aromatic N) is 3. The summed E-state index contributed by atoms with van der Waals surface area (Å²) in [6, 6.07) is 16.2. The van der Waals surface area contributed by atoms with Gasteiger partial charge in [0, 0.05) is 43.1 Å². The van der Waals surface area contributed by atoms with Gasteiger partial charge in [-0.1, -0.05) is 24.6 Å². The van der Waals surface area contributed by atoms with E-state index in [-0.39, 0.29) is 29.7 Å². The van der Waals surface area contributed by atoms with Crippen molar-refractivity contribution in [3.8, 4) is 11.8 Å². The van der Waals surface area contributed by atoms with Crippen molar-refractivity contribution < 1.29 is 19.1 Å². The molecule has 4 aliphatic heterocycles. The van der Waals surface area contributed by atoms with Gasteiger partial charge in [0.2, 0.25) is 5.91 Å². The van der Waals surface area contributed by atoms with Gasteiger partial charge in [0.25, 0.3) is 11.8 Å². The highest BCUT2D eigenvalue weighted by Crippen LogP contribution is 2.49. The number of nitrogens with one attached hydrogen (secondary N) is 1. The van der Waals surface area contributed by atoms with Crippen LogP contribution in [0.3, 0.4) is 0 Å². The predicted octanol–water partition coefficient (Wildman–Crippen LogP) is 3.11. The van der Waals surface area contributed by atoms with Crippen LogP contribution in [0.15, 0.2) is 42.5 Å². The lowest BCUT2D eigenvalue weighted by atomic mass is 9.63. The highest BCUT2D eigenvalue weighted by molar-refractivity contribution is 6.10. The highest BCUT2D eigenvalue weighted by atomic mass is 16.5. The van der Waals surface area contributed by atoms with Gasteiger partial charge >= 0.3 is 0 Å². The number of imide groups is 1. The minimum atomic E-state index is -0.900. The molecule has 4 heterocycles. The SMILES string of the molecule is N#Cc1ccccc1C1CN(C2CCCCC2Oc2ccc3c(c2)CN(C24CC(C2)C(=O)NC4=O)C3=O)C1. The number of carbonyl (C=O) groups is 3. The number of carbonyl (C=O) groups excluding carboxylic acids is 3. The molecule has 2 atom stereocenters. The van der Waals surface area contributed by atoms with E-state index in [0.29, 0.717) is 36.9 Å².